The number of nitrogens with one attached hydrogen (secondary N) is 1. The normalized spacial score (nSPS) is 12.3. The molecule has 1 N–H and O–H groups in total. The van der Waals surface area contributed by atoms with Gasteiger partial charge in [0.2, 0.25) is 5.71 Å². The van der Waals surface area contributed by atoms with Gasteiger partial charge in [-0.15, -0.1) is 0 Å². The molecule has 1 atom stereocenters. The molecule has 0 aliphatic heterocycles. The summed E-state index contributed by atoms with van der Waals surface area (Å²) in [5.74, 6) is -0.532. The van der Waals surface area contributed by atoms with Gasteiger partial charge in [0.15, 0.2) is 0 Å². The number of halogens is 1. The van der Waals surface area contributed by atoms with Crippen LogP contribution < -0.4 is 5.32 Å². The Morgan fingerprint density at radius 3 is 2.66 bits per heavy atom. The largest absolute Gasteiger partial charge is 0.760 e. The number of unbranched alkanes of at least 4 members (excludes halogenated alkanes) is 2. The van der Waals surface area contributed by atoms with Crippen molar-refractivity contribution >= 4 is 34.3 Å². The van der Waals surface area contributed by atoms with Crippen LogP contribution in [0.15, 0.2) is 41.3 Å². The molecule has 9 heteroatoms. The Kier molecular flexibility index (Phi) is 7.89. The third-order valence-electron chi connectivity index (χ3n) is 5.12. The molecule has 0 saturated carbocycles. The molecule has 170 valence electrons. The van der Waals surface area contributed by atoms with Gasteiger partial charge in [-0.05, 0) is 42.3 Å². The summed E-state index contributed by atoms with van der Waals surface area (Å²) in [7, 11) is 1.50. The number of pyridine rings is 1. The maximum absolute atomic E-state index is 13.4. The minimum Gasteiger partial charge on any atom is -0.760 e. The van der Waals surface area contributed by atoms with Crippen LogP contribution in [-0.4, -0.2) is 37.6 Å². The van der Waals surface area contributed by atoms with Gasteiger partial charge in [0.05, 0.1) is 23.2 Å². The molecule has 0 saturated heterocycles. The molecule has 7 nitrogen and oxygen atoms in total. The Bertz CT molecular complexity index is 1140. The van der Waals surface area contributed by atoms with Crippen molar-refractivity contribution in [2.75, 3.05) is 13.6 Å². The fraction of sp³-hybridized carbons (Fsp3) is 0.304. The average molecular weight is 459 g/mol. The summed E-state index contributed by atoms with van der Waals surface area (Å²) in [6.45, 7) is 6.29. The van der Waals surface area contributed by atoms with E-state index in [1.54, 1.807) is 12.1 Å². The van der Waals surface area contributed by atoms with E-state index in [2.05, 4.69) is 16.9 Å². The van der Waals surface area contributed by atoms with Gasteiger partial charge >= 0.3 is 0 Å². The van der Waals surface area contributed by atoms with Gasteiger partial charge in [0, 0.05) is 30.4 Å². The number of furan rings is 1. The molecule has 2 aromatic heterocycles. The number of benzene rings is 1. The SMILES string of the molecule is C=Cc1cc2c(C(=O)NC)c(-c3ccc(F)cc3)oc2nc1CN(CCCCC)S(=O)[O-]. The summed E-state index contributed by atoms with van der Waals surface area (Å²) in [6, 6.07) is 7.31. The van der Waals surface area contributed by atoms with Crippen LogP contribution in [0.1, 0.15) is 47.8 Å². The summed E-state index contributed by atoms with van der Waals surface area (Å²) in [5, 5.41) is 3.05. The fourth-order valence-electron chi connectivity index (χ4n) is 3.44. The first-order valence-corrected chi connectivity index (χ1v) is 11.3. The highest BCUT2D eigenvalue weighted by atomic mass is 32.2. The van der Waals surface area contributed by atoms with Crippen molar-refractivity contribution in [3.05, 3.63) is 59.5 Å². The van der Waals surface area contributed by atoms with Crippen LogP contribution in [0.5, 0.6) is 0 Å². The Morgan fingerprint density at radius 2 is 2.06 bits per heavy atom. The maximum atomic E-state index is 13.4. The van der Waals surface area contributed by atoms with Gasteiger partial charge < -0.3 is 14.3 Å². The van der Waals surface area contributed by atoms with Crippen molar-refractivity contribution in [1.29, 1.82) is 0 Å². The summed E-state index contributed by atoms with van der Waals surface area (Å²) in [5.41, 5.74) is 2.04. The van der Waals surface area contributed by atoms with Crippen LogP contribution in [0.4, 0.5) is 4.39 Å². The third-order valence-corrected chi connectivity index (χ3v) is 5.86. The van der Waals surface area contributed by atoms with Crippen molar-refractivity contribution < 1.29 is 22.4 Å². The second-order valence-corrected chi connectivity index (χ2v) is 8.21. The second-order valence-electron chi connectivity index (χ2n) is 7.26. The monoisotopic (exact) mass is 458 g/mol. The molecule has 2 heterocycles. The number of carbonyl (C=O) groups excluding carboxylic acids is 1. The molecule has 1 aromatic carbocycles. The highest BCUT2D eigenvalue weighted by Gasteiger charge is 2.24. The van der Waals surface area contributed by atoms with E-state index < -0.39 is 17.1 Å². The molecule has 3 aromatic rings. The second kappa shape index (κ2) is 10.6. The molecular weight excluding hydrogens is 433 g/mol. The third kappa shape index (κ3) is 5.12. The van der Waals surface area contributed by atoms with Crippen LogP contribution in [0.2, 0.25) is 0 Å². The van der Waals surface area contributed by atoms with Gasteiger partial charge in [-0.1, -0.05) is 32.4 Å². The molecule has 1 unspecified atom stereocenters. The Balaban J connectivity index is 2.11. The quantitative estimate of drug-likeness (QED) is 0.358. The first-order valence-electron chi connectivity index (χ1n) is 10.3. The maximum Gasteiger partial charge on any atom is 0.255 e. The first-order chi connectivity index (χ1) is 15.4. The molecule has 0 aliphatic rings. The Morgan fingerprint density at radius 1 is 1.34 bits per heavy atom. The van der Waals surface area contributed by atoms with E-state index in [0.29, 0.717) is 28.8 Å². The van der Waals surface area contributed by atoms with Crippen LogP contribution >= 0.6 is 0 Å². The lowest BCUT2D eigenvalue weighted by Crippen LogP contribution is -2.27. The van der Waals surface area contributed by atoms with Crippen molar-refractivity contribution in [2.24, 2.45) is 0 Å². The zero-order chi connectivity index (χ0) is 23.3. The van der Waals surface area contributed by atoms with E-state index in [1.807, 2.05) is 6.92 Å². The van der Waals surface area contributed by atoms with Crippen LogP contribution in [-0.2, 0) is 17.8 Å². The van der Waals surface area contributed by atoms with E-state index in [-0.39, 0.29) is 29.5 Å². The highest BCUT2D eigenvalue weighted by Crippen LogP contribution is 2.34. The van der Waals surface area contributed by atoms with Crippen molar-refractivity contribution in [2.45, 2.75) is 32.7 Å². The molecule has 0 spiro atoms. The van der Waals surface area contributed by atoms with Crippen LogP contribution in [0, 0.1) is 5.82 Å². The highest BCUT2D eigenvalue weighted by molar-refractivity contribution is 7.76. The summed E-state index contributed by atoms with van der Waals surface area (Å²) < 4.78 is 44.1. The van der Waals surface area contributed by atoms with Crippen LogP contribution in [0.25, 0.3) is 28.5 Å². The number of carbonyl (C=O) groups is 1. The molecule has 0 radical (unpaired) electrons. The Labute approximate surface area is 188 Å². The lowest BCUT2D eigenvalue weighted by atomic mass is 10.0. The van der Waals surface area contributed by atoms with Gasteiger partial charge in [-0.25, -0.2) is 13.7 Å². The van der Waals surface area contributed by atoms with Crippen molar-refractivity contribution in [3.8, 4) is 11.3 Å². The molecule has 1 amide bonds. The van der Waals surface area contributed by atoms with Crippen molar-refractivity contribution in [1.82, 2.24) is 14.6 Å². The fourth-order valence-corrected chi connectivity index (χ4v) is 3.95. The predicted molar refractivity (Wildman–Crippen MR) is 122 cm³/mol. The zero-order valence-electron chi connectivity index (χ0n) is 18.0. The number of aromatic nitrogens is 1. The molecule has 3 rings (SSSR count). The van der Waals surface area contributed by atoms with E-state index in [0.717, 1.165) is 19.3 Å². The lowest BCUT2D eigenvalue weighted by molar-refractivity contribution is 0.0964. The number of rotatable bonds is 10. The molecule has 32 heavy (non-hydrogen) atoms. The molecular formula is C23H25FN3O4S-. The first kappa shape index (κ1) is 23.8. The zero-order valence-corrected chi connectivity index (χ0v) is 18.8. The molecule has 0 bridgehead atoms. The van der Waals surface area contributed by atoms with E-state index in [4.69, 9.17) is 4.42 Å². The van der Waals surface area contributed by atoms with E-state index in [9.17, 15) is 17.9 Å². The van der Waals surface area contributed by atoms with Crippen molar-refractivity contribution in [3.63, 3.8) is 0 Å². The van der Waals surface area contributed by atoms with Gasteiger partial charge in [-0.3, -0.25) is 9.00 Å². The van der Waals surface area contributed by atoms with E-state index >= 15 is 0 Å². The summed E-state index contributed by atoms with van der Waals surface area (Å²) in [6.07, 6.45) is 4.20. The number of fused-ring (bicyclic) bond motifs is 1. The lowest BCUT2D eigenvalue weighted by Gasteiger charge is -2.24. The number of amides is 1. The van der Waals surface area contributed by atoms with Gasteiger partial charge in [0.25, 0.3) is 5.91 Å². The molecule has 0 fully saturated rings. The number of hydrogen-bond acceptors (Lipinski definition) is 5. The summed E-state index contributed by atoms with van der Waals surface area (Å²) >= 11 is -2.41. The smallest absolute Gasteiger partial charge is 0.255 e. The molecule has 0 aliphatic carbocycles. The van der Waals surface area contributed by atoms with E-state index in [1.165, 1.54) is 35.6 Å². The summed E-state index contributed by atoms with van der Waals surface area (Å²) in [4.78, 5) is 17.2. The predicted octanol–water partition coefficient (Wildman–Crippen LogP) is 4.42. The minimum absolute atomic E-state index is 0.0546. The Hall–Kier alpha value is -2.88. The van der Waals surface area contributed by atoms with Gasteiger partial charge in [0.1, 0.15) is 11.6 Å². The van der Waals surface area contributed by atoms with Crippen LogP contribution in [0.3, 0.4) is 0 Å². The average Bonchev–Trinajstić information content (AvgIpc) is 3.15. The number of hydrogen-bond donors (Lipinski definition) is 1. The minimum atomic E-state index is -2.41. The number of nitrogens with zero attached hydrogens (tertiary/aromatic N) is 2. The standard InChI is InChI=1S/C23H26FN3O4S/c1-4-6-7-12-27(32(29)30)14-19-15(5-2)13-18-20(22(28)25-3)21(31-23(18)26-19)16-8-10-17(24)11-9-16/h5,8-11,13H,2,4,6-7,12,14H2,1,3H3,(H,25,28)(H,29,30)/p-1. The topological polar surface area (TPSA) is 98.5 Å². The van der Waals surface area contributed by atoms with Gasteiger partial charge in [-0.2, -0.15) is 0 Å².